The first-order valence-electron chi connectivity index (χ1n) is 8.34. The smallest absolute Gasteiger partial charge is 0.226 e. The molecule has 4 rings (SSSR count). The van der Waals surface area contributed by atoms with Crippen molar-refractivity contribution in [2.24, 2.45) is 5.92 Å². The van der Waals surface area contributed by atoms with E-state index in [2.05, 4.69) is 16.2 Å². The van der Waals surface area contributed by atoms with Crippen LogP contribution in [0, 0.1) is 24.2 Å². The number of carbonyl (C=O) groups is 1. The standard InChI is InChI=1S/C18H19N5O/c1-12-17(9-19)16-4-6-22(11-14(16)10-20-12)18(24)13-3-7-23-15(8-13)2-5-21-23/h2,5,10,13H,3-4,6-8,11H2,1H3. The van der Waals surface area contributed by atoms with Crippen LogP contribution in [0.4, 0.5) is 0 Å². The summed E-state index contributed by atoms with van der Waals surface area (Å²) in [5.41, 5.74) is 4.67. The summed E-state index contributed by atoms with van der Waals surface area (Å²) in [5, 5.41) is 13.6. The van der Waals surface area contributed by atoms with Gasteiger partial charge < -0.3 is 4.90 Å². The molecule has 4 heterocycles. The predicted octanol–water partition coefficient (Wildman–Crippen LogP) is 1.61. The first-order chi connectivity index (χ1) is 11.7. The molecule has 1 amide bonds. The molecule has 122 valence electrons. The molecule has 0 N–H and O–H groups in total. The normalized spacial score (nSPS) is 19.3. The predicted molar refractivity (Wildman–Crippen MR) is 86.8 cm³/mol. The summed E-state index contributed by atoms with van der Waals surface area (Å²) in [5.74, 6) is 0.247. The molecular formula is C18H19N5O. The molecule has 2 aliphatic heterocycles. The van der Waals surface area contributed by atoms with E-state index in [-0.39, 0.29) is 11.8 Å². The first kappa shape index (κ1) is 14.9. The van der Waals surface area contributed by atoms with Gasteiger partial charge in [-0.25, -0.2) is 0 Å². The van der Waals surface area contributed by atoms with Gasteiger partial charge in [0, 0.05) is 50.1 Å². The largest absolute Gasteiger partial charge is 0.338 e. The third-order valence-electron chi connectivity index (χ3n) is 5.18. The molecule has 2 aromatic heterocycles. The Bertz CT molecular complexity index is 848. The topological polar surface area (TPSA) is 74.8 Å². The van der Waals surface area contributed by atoms with Crippen molar-refractivity contribution in [2.45, 2.75) is 39.3 Å². The minimum atomic E-state index is 0.0320. The van der Waals surface area contributed by atoms with Crippen LogP contribution in [-0.4, -0.2) is 32.1 Å². The lowest BCUT2D eigenvalue weighted by Gasteiger charge is -2.33. The van der Waals surface area contributed by atoms with Crippen molar-refractivity contribution < 1.29 is 4.79 Å². The highest BCUT2D eigenvalue weighted by Gasteiger charge is 2.31. The van der Waals surface area contributed by atoms with Crippen molar-refractivity contribution in [1.29, 1.82) is 5.26 Å². The number of pyridine rings is 1. The van der Waals surface area contributed by atoms with Gasteiger partial charge in [-0.3, -0.25) is 14.5 Å². The highest BCUT2D eigenvalue weighted by molar-refractivity contribution is 5.79. The van der Waals surface area contributed by atoms with Gasteiger partial charge in [-0.15, -0.1) is 0 Å². The molecule has 0 spiro atoms. The summed E-state index contributed by atoms with van der Waals surface area (Å²) in [6.07, 6.45) is 5.96. The SMILES string of the molecule is Cc1ncc2c(c1C#N)CCN(C(=O)C1CCn3nccc3C1)C2. The number of aromatic nitrogens is 3. The van der Waals surface area contributed by atoms with Gasteiger partial charge in [-0.2, -0.15) is 10.4 Å². The van der Waals surface area contributed by atoms with E-state index in [9.17, 15) is 10.1 Å². The van der Waals surface area contributed by atoms with Crippen LogP contribution < -0.4 is 0 Å². The number of aryl methyl sites for hydroxylation is 2. The van der Waals surface area contributed by atoms with E-state index in [1.807, 2.05) is 28.8 Å². The summed E-state index contributed by atoms with van der Waals surface area (Å²) >= 11 is 0. The van der Waals surface area contributed by atoms with Gasteiger partial charge in [-0.1, -0.05) is 0 Å². The van der Waals surface area contributed by atoms with Gasteiger partial charge in [0.15, 0.2) is 0 Å². The van der Waals surface area contributed by atoms with Crippen molar-refractivity contribution in [3.63, 3.8) is 0 Å². The van der Waals surface area contributed by atoms with Crippen LogP contribution in [0.25, 0.3) is 0 Å². The fraction of sp³-hybridized carbons (Fsp3) is 0.444. The second-order valence-corrected chi connectivity index (χ2v) is 6.58. The Morgan fingerprint density at radius 2 is 2.29 bits per heavy atom. The Morgan fingerprint density at radius 1 is 1.42 bits per heavy atom. The van der Waals surface area contributed by atoms with E-state index in [4.69, 9.17) is 0 Å². The number of rotatable bonds is 1. The number of fused-ring (bicyclic) bond motifs is 2. The second-order valence-electron chi connectivity index (χ2n) is 6.58. The van der Waals surface area contributed by atoms with E-state index in [1.165, 1.54) is 0 Å². The van der Waals surface area contributed by atoms with Crippen molar-refractivity contribution in [3.8, 4) is 6.07 Å². The lowest BCUT2D eigenvalue weighted by molar-refractivity contribution is -0.137. The lowest BCUT2D eigenvalue weighted by Crippen LogP contribution is -2.42. The molecule has 1 unspecified atom stereocenters. The quantitative estimate of drug-likeness (QED) is 0.799. The molecule has 1 atom stereocenters. The maximum Gasteiger partial charge on any atom is 0.226 e. The number of nitriles is 1. The molecule has 24 heavy (non-hydrogen) atoms. The number of hydrogen-bond acceptors (Lipinski definition) is 4. The summed E-state index contributed by atoms with van der Waals surface area (Å²) in [6, 6.07) is 4.26. The van der Waals surface area contributed by atoms with Crippen LogP contribution in [0.3, 0.4) is 0 Å². The van der Waals surface area contributed by atoms with Crippen LogP contribution >= 0.6 is 0 Å². The second kappa shape index (κ2) is 5.75. The number of nitrogens with zero attached hydrogens (tertiary/aromatic N) is 5. The van der Waals surface area contributed by atoms with E-state index in [1.54, 1.807) is 6.20 Å². The average molecular weight is 321 g/mol. The van der Waals surface area contributed by atoms with Crippen molar-refractivity contribution in [2.75, 3.05) is 6.54 Å². The molecule has 0 aliphatic carbocycles. The summed E-state index contributed by atoms with van der Waals surface area (Å²) in [6.45, 7) is 3.91. The van der Waals surface area contributed by atoms with Crippen LogP contribution in [0.1, 0.15) is 34.5 Å². The van der Waals surface area contributed by atoms with E-state index >= 15 is 0 Å². The van der Waals surface area contributed by atoms with Crippen LogP contribution in [0.2, 0.25) is 0 Å². The zero-order valence-electron chi connectivity index (χ0n) is 13.7. The maximum absolute atomic E-state index is 12.9. The fourth-order valence-electron chi connectivity index (χ4n) is 3.82. The lowest BCUT2D eigenvalue weighted by atomic mass is 9.91. The minimum Gasteiger partial charge on any atom is -0.338 e. The first-order valence-corrected chi connectivity index (χ1v) is 8.34. The van der Waals surface area contributed by atoms with Gasteiger partial charge in [0.2, 0.25) is 5.91 Å². The van der Waals surface area contributed by atoms with Crippen molar-refractivity contribution in [1.82, 2.24) is 19.7 Å². The van der Waals surface area contributed by atoms with Crippen LogP contribution in [0.15, 0.2) is 18.5 Å². The van der Waals surface area contributed by atoms with Crippen molar-refractivity contribution in [3.05, 3.63) is 46.5 Å². The van der Waals surface area contributed by atoms with Gasteiger partial charge in [0.1, 0.15) is 6.07 Å². The number of carbonyl (C=O) groups excluding carboxylic acids is 1. The van der Waals surface area contributed by atoms with Gasteiger partial charge >= 0.3 is 0 Å². The molecular weight excluding hydrogens is 302 g/mol. The third-order valence-corrected chi connectivity index (χ3v) is 5.18. The summed E-state index contributed by atoms with van der Waals surface area (Å²) in [4.78, 5) is 19.2. The molecule has 0 bridgehead atoms. The molecule has 6 heteroatoms. The molecule has 0 saturated heterocycles. The fourth-order valence-corrected chi connectivity index (χ4v) is 3.82. The van der Waals surface area contributed by atoms with Crippen molar-refractivity contribution >= 4 is 5.91 Å². The molecule has 0 saturated carbocycles. The monoisotopic (exact) mass is 321 g/mol. The molecule has 0 radical (unpaired) electrons. The zero-order chi connectivity index (χ0) is 16.7. The van der Waals surface area contributed by atoms with Gasteiger partial charge in [0.05, 0.1) is 11.3 Å². The Balaban J connectivity index is 1.53. The maximum atomic E-state index is 12.9. The van der Waals surface area contributed by atoms with E-state index in [0.29, 0.717) is 18.7 Å². The molecule has 0 aromatic carbocycles. The minimum absolute atomic E-state index is 0.0320. The highest BCUT2D eigenvalue weighted by atomic mass is 16.2. The third kappa shape index (κ3) is 2.37. The molecule has 6 nitrogen and oxygen atoms in total. The molecule has 2 aliphatic rings. The average Bonchev–Trinajstić information content (AvgIpc) is 3.08. The van der Waals surface area contributed by atoms with E-state index in [0.717, 1.165) is 48.3 Å². The summed E-state index contributed by atoms with van der Waals surface area (Å²) < 4.78 is 1.99. The number of amides is 1. The zero-order valence-corrected chi connectivity index (χ0v) is 13.7. The summed E-state index contributed by atoms with van der Waals surface area (Å²) in [7, 11) is 0. The highest BCUT2D eigenvalue weighted by Crippen LogP contribution is 2.27. The molecule has 2 aromatic rings. The van der Waals surface area contributed by atoms with Gasteiger partial charge in [-0.05, 0) is 37.0 Å². The Kier molecular flexibility index (Phi) is 3.57. The van der Waals surface area contributed by atoms with E-state index < -0.39 is 0 Å². The number of hydrogen-bond donors (Lipinski definition) is 0. The Labute approximate surface area is 140 Å². The Morgan fingerprint density at radius 3 is 3.12 bits per heavy atom. The van der Waals surface area contributed by atoms with Gasteiger partial charge in [0.25, 0.3) is 0 Å². The van der Waals surface area contributed by atoms with Crippen LogP contribution in [0.5, 0.6) is 0 Å². The Hall–Kier alpha value is -2.68. The molecule has 0 fully saturated rings. The van der Waals surface area contributed by atoms with Crippen LogP contribution in [-0.2, 0) is 30.7 Å².